The van der Waals surface area contributed by atoms with Gasteiger partial charge in [-0.15, -0.1) is 0 Å². The SMILES string of the molecule is CC(OC(=O)NC(=N)NC(=N)N(C)C)OC(=O)OCCCN1C[C@@H](O)C(O)[C@H](O)C1CO. The zero-order valence-corrected chi connectivity index (χ0v) is 18.1. The lowest BCUT2D eigenvalue weighted by Gasteiger charge is -2.43. The average Bonchev–Trinajstić information content (AvgIpc) is 2.68. The molecule has 1 amide bonds. The first-order valence-corrected chi connectivity index (χ1v) is 9.77. The maximum atomic E-state index is 11.7. The zero-order valence-electron chi connectivity index (χ0n) is 18.1. The van der Waals surface area contributed by atoms with Gasteiger partial charge in [-0.2, -0.15) is 0 Å². The van der Waals surface area contributed by atoms with Gasteiger partial charge in [-0.05, 0) is 6.42 Å². The highest BCUT2D eigenvalue weighted by atomic mass is 16.8. The Hall–Kier alpha value is -2.72. The molecule has 8 N–H and O–H groups in total. The van der Waals surface area contributed by atoms with Crippen LogP contribution in [0.3, 0.4) is 0 Å². The van der Waals surface area contributed by atoms with Crippen molar-refractivity contribution in [3.63, 3.8) is 0 Å². The summed E-state index contributed by atoms with van der Waals surface area (Å²) in [4.78, 5) is 26.3. The lowest BCUT2D eigenvalue weighted by atomic mass is 9.94. The van der Waals surface area contributed by atoms with Crippen LogP contribution in [0.2, 0.25) is 0 Å². The molecule has 0 aromatic rings. The molecule has 5 atom stereocenters. The fourth-order valence-corrected chi connectivity index (χ4v) is 2.80. The number of aliphatic hydroxyl groups excluding tert-OH is 4. The number of ether oxygens (including phenoxy) is 3. The molecule has 0 aliphatic carbocycles. The van der Waals surface area contributed by atoms with Gasteiger partial charge in [-0.1, -0.05) is 0 Å². The topological polar surface area (TPSA) is 221 Å². The molecule has 0 aromatic heterocycles. The van der Waals surface area contributed by atoms with E-state index < -0.39 is 55.5 Å². The number of likely N-dealkylation sites (tertiary alicyclic amines) is 1. The Morgan fingerprint density at radius 2 is 1.81 bits per heavy atom. The lowest BCUT2D eigenvalue weighted by Crippen LogP contribution is -2.62. The highest BCUT2D eigenvalue weighted by Crippen LogP contribution is 2.19. The van der Waals surface area contributed by atoms with Crippen molar-refractivity contribution < 1.29 is 44.2 Å². The number of amides is 1. The number of aliphatic hydroxyl groups is 4. The second-order valence-corrected chi connectivity index (χ2v) is 7.20. The van der Waals surface area contributed by atoms with E-state index in [1.165, 1.54) is 11.8 Å². The van der Waals surface area contributed by atoms with Crippen LogP contribution in [0.15, 0.2) is 0 Å². The van der Waals surface area contributed by atoms with Crippen molar-refractivity contribution in [2.45, 2.75) is 44.0 Å². The number of piperidine rings is 1. The van der Waals surface area contributed by atoms with Gasteiger partial charge in [0, 0.05) is 34.1 Å². The quantitative estimate of drug-likeness (QED) is 0.0638. The highest BCUT2D eigenvalue weighted by Gasteiger charge is 2.40. The molecule has 3 unspecified atom stereocenters. The van der Waals surface area contributed by atoms with Crippen molar-refractivity contribution in [1.29, 1.82) is 10.8 Å². The predicted octanol–water partition coefficient (Wildman–Crippen LogP) is -2.62. The Morgan fingerprint density at radius 1 is 1.16 bits per heavy atom. The van der Waals surface area contributed by atoms with E-state index in [0.717, 1.165) is 0 Å². The number of nitrogens with zero attached hydrogens (tertiary/aromatic N) is 2. The van der Waals surface area contributed by atoms with Crippen LogP contribution >= 0.6 is 0 Å². The Balaban J connectivity index is 2.29. The van der Waals surface area contributed by atoms with Gasteiger partial charge >= 0.3 is 12.2 Å². The molecular weight excluding hydrogens is 432 g/mol. The second-order valence-electron chi connectivity index (χ2n) is 7.20. The predicted molar refractivity (Wildman–Crippen MR) is 109 cm³/mol. The molecule has 0 radical (unpaired) electrons. The molecule has 1 heterocycles. The summed E-state index contributed by atoms with van der Waals surface area (Å²) in [6, 6.07) is -0.762. The molecule has 0 aromatic carbocycles. The summed E-state index contributed by atoms with van der Waals surface area (Å²) in [5.41, 5.74) is 0. The zero-order chi connectivity index (χ0) is 24.4. The first kappa shape index (κ1) is 27.3. The average molecular weight is 464 g/mol. The van der Waals surface area contributed by atoms with E-state index in [2.05, 4.69) is 5.32 Å². The van der Waals surface area contributed by atoms with E-state index in [4.69, 9.17) is 25.0 Å². The number of rotatable bonds is 7. The molecule has 0 bridgehead atoms. The van der Waals surface area contributed by atoms with Gasteiger partial charge in [0.1, 0.15) is 12.2 Å². The fraction of sp³-hybridized carbons (Fsp3) is 0.765. The molecule has 15 nitrogen and oxygen atoms in total. The van der Waals surface area contributed by atoms with Gasteiger partial charge in [-0.3, -0.25) is 26.4 Å². The van der Waals surface area contributed by atoms with Crippen LogP contribution in [0.4, 0.5) is 9.59 Å². The standard InChI is InChI=1S/C17H32N6O9/c1-9(31-16(28)21-14(18)20-15(19)22(2)3)32-17(29)30-6-4-5-23-7-11(25)13(27)12(26)10(23)8-24/h9-13,24-27H,4-8H2,1-3H3,(H4,18,19,20,21,28)/t9?,10?,11-,12-,13?/m1/s1. The third-order valence-electron chi connectivity index (χ3n) is 4.48. The smallest absolute Gasteiger partial charge is 0.434 e. The van der Waals surface area contributed by atoms with E-state index >= 15 is 0 Å². The van der Waals surface area contributed by atoms with Crippen molar-refractivity contribution in [2.75, 3.05) is 40.4 Å². The van der Waals surface area contributed by atoms with E-state index in [1.807, 2.05) is 5.32 Å². The Labute approximate surface area is 184 Å². The van der Waals surface area contributed by atoms with Crippen LogP contribution in [0.5, 0.6) is 0 Å². The van der Waals surface area contributed by atoms with E-state index in [0.29, 0.717) is 0 Å². The maximum Gasteiger partial charge on any atom is 0.511 e. The van der Waals surface area contributed by atoms with Crippen molar-refractivity contribution >= 4 is 24.2 Å². The van der Waals surface area contributed by atoms with Crippen LogP contribution in [-0.2, 0) is 14.2 Å². The monoisotopic (exact) mass is 464 g/mol. The summed E-state index contributed by atoms with van der Waals surface area (Å²) >= 11 is 0. The summed E-state index contributed by atoms with van der Waals surface area (Å²) in [7, 11) is 3.13. The number of hydrogen-bond donors (Lipinski definition) is 8. The molecule has 32 heavy (non-hydrogen) atoms. The van der Waals surface area contributed by atoms with Gasteiger partial charge in [0.25, 0.3) is 0 Å². The van der Waals surface area contributed by atoms with Gasteiger partial charge in [0.05, 0.1) is 25.4 Å². The first-order chi connectivity index (χ1) is 15.0. The number of guanidine groups is 2. The van der Waals surface area contributed by atoms with Crippen LogP contribution < -0.4 is 10.6 Å². The van der Waals surface area contributed by atoms with Crippen molar-refractivity contribution in [2.24, 2.45) is 0 Å². The second kappa shape index (κ2) is 13.0. The van der Waals surface area contributed by atoms with E-state index in [9.17, 15) is 30.0 Å². The Kier molecular flexibility index (Phi) is 11.1. The van der Waals surface area contributed by atoms with E-state index in [1.54, 1.807) is 19.0 Å². The number of nitrogens with one attached hydrogen (secondary N) is 4. The molecule has 0 spiro atoms. The number of hydrogen-bond acceptors (Lipinski definition) is 12. The summed E-state index contributed by atoms with van der Waals surface area (Å²) in [5, 5.41) is 58.0. The summed E-state index contributed by atoms with van der Waals surface area (Å²) < 4.78 is 14.4. The summed E-state index contributed by atoms with van der Waals surface area (Å²) in [6.45, 7) is 1.03. The molecule has 184 valence electrons. The largest absolute Gasteiger partial charge is 0.511 e. The minimum Gasteiger partial charge on any atom is -0.434 e. The molecule has 1 rings (SSSR count). The molecule has 1 aliphatic rings. The fourth-order valence-electron chi connectivity index (χ4n) is 2.80. The van der Waals surface area contributed by atoms with Crippen molar-refractivity contribution in [1.82, 2.24) is 20.4 Å². The van der Waals surface area contributed by atoms with Crippen LogP contribution in [0.1, 0.15) is 13.3 Å². The van der Waals surface area contributed by atoms with Crippen LogP contribution in [0.25, 0.3) is 0 Å². The highest BCUT2D eigenvalue weighted by molar-refractivity contribution is 6.01. The van der Waals surface area contributed by atoms with Gasteiger partial charge in [-0.25, -0.2) is 9.59 Å². The normalized spacial score (nSPS) is 24.1. The van der Waals surface area contributed by atoms with Gasteiger partial charge in [0.15, 0.2) is 5.96 Å². The van der Waals surface area contributed by atoms with Crippen molar-refractivity contribution in [3.8, 4) is 0 Å². The summed E-state index contributed by atoms with van der Waals surface area (Å²) in [5.74, 6) is -0.650. The third-order valence-corrected chi connectivity index (χ3v) is 4.48. The molecule has 15 heteroatoms. The molecule has 1 aliphatic heterocycles. The molecular formula is C17H32N6O9. The van der Waals surface area contributed by atoms with E-state index in [-0.39, 0.29) is 32.1 Å². The minimum absolute atomic E-state index is 0.0335. The lowest BCUT2D eigenvalue weighted by molar-refractivity contribution is -0.145. The summed E-state index contributed by atoms with van der Waals surface area (Å²) in [6.07, 6.45) is -7.09. The molecule has 1 fully saturated rings. The third kappa shape index (κ3) is 8.80. The van der Waals surface area contributed by atoms with Crippen LogP contribution in [0, 0.1) is 10.8 Å². The number of carbonyl (C=O) groups excluding carboxylic acids is 2. The Morgan fingerprint density at radius 3 is 2.41 bits per heavy atom. The van der Waals surface area contributed by atoms with Crippen molar-refractivity contribution in [3.05, 3.63) is 0 Å². The van der Waals surface area contributed by atoms with Crippen LogP contribution in [-0.4, -0.2) is 125 Å². The number of alkyl carbamates (subject to hydrolysis) is 1. The molecule has 0 saturated carbocycles. The number of carbonyl (C=O) groups is 2. The number of β-amino-alcohol motifs (C(OH)–C–C–N with tert-alkyl or cyclic N) is 1. The minimum atomic E-state index is -1.35. The first-order valence-electron chi connectivity index (χ1n) is 9.77. The van der Waals surface area contributed by atoms with Gasteiger partial charge in [0.2, 0.25) is 12.2 Å². The molecule has 1 saturated heterocycles. The maximum absolute atomic E-state index is 11.7. The van der Waals surface area contributed by atoms with Gasteiger partial charge < -0.3 is 39.5 Å². The Bertz CT molecular complexity index is 664.